The number of rotatable bonds is 6. The minimum absolute atomic E-state index is 0.00543. The molecule has 0 radical (unpaired) electrons. The number of carbonyl (C=O) groups is 3. The van der Waals surface area contributed by atoms with Crippen LogP contribution in [0.1, 0.15) is 50.5 Å². The largest absolute Gasteiger partial charge is 0.330 e. The number of imide groups is 1. The fourth-order valence-corrected chi connectivity index (χ4v) is 4.08. The van der Waals surface area contributed by atoms with Crippen LogP contribution < -0.4 is 16.4 Å². The first-order valence-corrected chi connectivity index (χ1v) is 9.42. The summed E-state index contributed by atoms with van der Waals surface area (Å²) in [5, 5.41) is 5.28. The van der Waals surface area contributed by atoms with Crippen LogP contribution in [0, 0.1) is 11.3 Å². The molecule has 4 N–H and O–H groups in total. The van der Waals surface area contributed by atoms with Crippen LogP contribution in [-0.2, 0) is 20.8 Å². The van der Waals surface area contributed by atoms with Crippen molar-refractivity contribution in [1.29, 1.82) is 0 Å². The van der Waals surface area contributed by atoms with E-state index < -0.39 is 0 Å². The summed E-state index contributed by atoms with van der Waals surface area (Å²) in [4.78, 5) is 35.3. The molecule has 1 aromatic carbocycles. The quantitative estimate of drug-likeness (QED) is 0.679. The van der Waals surface area contributed by atoms with Gasteiger partial charge >= 0.3 is 0 Å². The number of nitrogens with one attached hydrogen (secondary N) is 2. The van der Waals surface area contributed by atoms with Crippen LogP contribution in [0.3, 0.4) is 0 Å². The van der Waals surface area contributed by atoms with Gasteiger partial charge in [0.25, 0.3) is 0 Å². The van der Waals surface area contributed by atoms with E-state index in [4.69, 9.17) is 5.73 Å². The number of hydrogen-bond donors (Lipinski definition) is 3. The SMILES string of the molecule is NCC1(CC(=O)Nc2ccc(CC3CC(=O)NC3=O)cc2)CCCCC1. The van der Waals surface area contributed by atoms with Crippen molar-refractivity contribution in [3.8, 4) is 0 Å². The Morgan fingerprint density at radius 3 is 2.42 bits per heavy atom. The molecule has 1 aromatic rings. The molecule has 1 heterocycles. The summed E-state index contributed by atoms with van der Waals surface area (Å²) < 4.78 is 0. The normalized spacial score (nSPS) is 22.1. The molecule has 26 heavy (non-hydrogen) atoms. The van der Waals surface area contributed by atoms with Crippen molar-refractivity contribution < 1.29 is 14.4 Å². The van der Waals surface area contributed by atoms with Crippen molar-refractivity contribution in [2.45, 2.75) is 51.4 Å². The van der Waals surface area contributed by atoms with Gasteiger partial charge < -0.3 is 11.1 Å². The molecule has 1 unspecified atom stereocenters. The summed E-state index contributed by atoms with van der Waals surface area (Å²) in [5.74, 6) is -0.697. The van der Waals surface area contributed by atoms with Gasteiger partial charge in [0.05, 0.1) is 5.92 Å². The molecule has 3 rings (SSSR count). The third-order valence-corrected chi connectivity index (χ3v) is 5.67. The predicted octanol–water partition coefficient (Wildman–Crippen LogP) is 2.13. The predicted molar refractivity (Wildman–Crippen MR) is 99.2 cm³/mol. The average molecular weight is 357 g/mol. The van der Waals surface area contributed by atoms with Gasteiger partial charge in [0.1, 0.15) is 0 Å². The summed E-state index contributed by atoms with van der Waals surface area (Å²) in [6.07, 6.45) is 6.83. The van der Waals surface area contributed by atoms with Crippen LogP contribution in [0.25, 0.3) is 0 Å². The zero-order valence-electron chi connectivity index (χ0n) is 15.1. The molecule has 140 valence electrons. The molecule has 0 bridgehead atoms. The van der Waals surface area contributed by atoms with Gasteiger partial charge in [-0.15, -0.1) is 0 Å². The van der Waals surface area contributed by atoms with Crippen LogP contribution >= 0.6 is 0 Å². The Labute approximate surface area is 153 Å². The number of anilines is 1. The average Bonchev–Trinajstić information content (AvgIpc) is 2.94. The minimum Gasteiger partial charge on any atom is -0.330 e. The van der Waals surface area contributed by atoms with Gasteiger partial charge in [0.2, 0.25) is 17.7 Å². The summed E-state index contributed by atoms with van der Waals surface area (Å²) in [6.45, 7) is 0.557. The van der Waals surface area contributed by atoms with E-state index in [2.05, 4.69) is 10.6 Å². The second-order valence-electron chi connectivity index (χ2n) is 7.70. The van der Waals surface area contributed by atoms with Crippen LogP contribution in [0.15, 0.2) is 24.3 Å². The second-order valence-corrected chi connectivity index (χ2v) is 7.70. The van der Waals surface area contributed by atoms with Crippen molar-refractivity contribution >= 4 is 23.4 Å². The van der Waals surface area contributed by atoms with E-state index in [0.717, 1.165) is 36.9 Å². The van der Waals surface area contributed by atoms with E-state index in [1.54, 1.807) is 0 Å². The molecule has 1 saturated carbocycles. The highest BCUT2D eigenvalue weighted by molar-refractivity contribution is 6.03. The Hall–Kier alpha value is -2.21. The highest BCUT2D eigenvalue weighted by atomic mass is 16.2. The summed E-state index contributed by atoms with van der Waals surface area (Å²) in [6, 6.07) is 7.48. The smallest absolute Gasteiger partial charge is 0.230 e. The van der Waals surface area contributed by atoms with Gasteiger partial charge in [-0.3, -0.25) is 19.7 Å². The van der Waals surface area contributed by atoms with Crippen molar-refractivity contribution in [3.05, 3.63) is 29.8 Å². The minimum atomic E-state index is -0.293. The molecule has 1 saturated heterocycles. The lowest BCUT2D eigenvalue weighted by atomic mass is 9.71. The summed E-state index contributed by atoms with van der Waals surface area (Å²) >= 11 is 0. The Balaban J connectivity index is 1.54. The van der Waals surface area contributed by atoms with Crippen molar-refractivity contribution in [1.82, 2.24) is 5.32 Å². The molecule has 0 aromatic heterocycles. The molecular weight excluding hydrogens is 330 g/mol. The van der Waals surface area contributed by atoms with Gasteiger partial charge in [-0.1, -0.05) is 31.4 Å². The molecule has 2 fully saturated rings. The fraction of sp³-hybridized carbons (Fsp3) is 0.550. The van der Waals surface area contributed by atoms with E-state index in [0.29, 0.717) is 19.4 Å². The third kappa shape index (κ3) is 4.49. The highest BCUT2D eigenvalue weighted by Gasteiger charge is 2.33. The molecule has 1 atom stereocenters. The lowest BCUT2D eigenvalue weighted by Gasteiger charge is -2.35. The lowest BCUT2D eigenvalue weighted by Crippen LogP contribution is -2.36. The van der Waals surface area contributed by atoms with Gasteiger partial charge in [-0.05, 0) is 48.9 Å². The van der Waals surface area contributed by atoms with E-state index in [9.17, 15) is 14.4 Å². The monoisotopic (exact) mass is 357 g/mol. The number of hydrogen-bond acceptors (Lipinski definition) is 4. The highest BCUT2D eigenvalue weighted by Crippen LogP contribution is 2.38. The Morgan fingerprint density at radius 2 is 1.85 bits per heavy atom. The standard InChI is InChI=1S/C20H27N3O3/c21-13-20(8-2-1-3-9-20)12-18(25)22-16-6-4-14(5-7-16)10-15-11-17(24)23-19(15)26/h4-7,15H,1-3,8-13,21H2,(H,22,25)(H,23,24,26). The number of benzene rings is 1. The summed E-state index contributed by atoms with van der Waals surface area (Å²) in [7, 11) is 0. The van der Waals surface area contributed by atoms with E-state index >= 15 is 0 Å². The Kier molecular flexibility index (Phi) is 5.71. The molecule has 6 nitrogen and oxygen atoms in total. The summed E-state index contributed by atoms with van der Waals surface area (Å²) in [5.41, 5.74) is 7.63. The number of nitrogens with two attached hydrogens (primary N) is 1. The van der Waals surface area contributed by atoms with Gasteiger partial charge in [0, 0.05) is 18.5 Å². The first-order chi connectivity index (χ1) is 12.5. The van der Waals surface area contributed by atoms with E-state index in [1.165, 1.54) is 6.42 Å². The van der Waals surface area contributed by atoms with Crippen molar-refractivity contribution in [2.24, 2.45) is 17.1 Å². The zero-order chi connectivity index (χ0) is 18.6. The lowest BCUT2D eigenvalue weighted by molar-refractivity contribution is -0.126. The maximum absolute atomic E-state index is 12.4. The molecule has 0 spiro atoms. The van der Waals surface area contributed by atoms with Gasteiger partial charge in [-0.25, -0.2) is 0 Å². The number of carbonyl (C=O) groups excluding carboxylic acids is 3. The molecule has 6 heteroatoms. The van der Waals surface area contributed by atoms with Crippen LogP contribution in [-0.4, -0.2) is 24.3 Å². The van der Waals surface area contributed by atoms with E-state index in [-0.39, 0.29) is 35.5 Å². The molecule has 1 aliphatic carbocycles. The van der Waals surface area contributed by atoms with Gasteiger partial charge in [-0.2, -0.15) is 0 Å². The number of amides is 3. The first kappa shape index (κ1) is 18.6. The maximum Gasteiger partial charge on any atom is 0.230 e. The first-order valence-electron chi connectivity index (χ1n) is 9.42. The molecular formula is C20H27N3O3. The third-order valence-electron chi connectivity index (χ3n) is 5.67. The Morgan fingerprint density at radius 1 is 1.15 bits per heavy atom. The van der Waals surface area contributed by atoms with E-state index in [1.807, 2.05) is 24.3 Å². The van der Waals surface area contributed by atoms with Crippen LogP contribution in [0.2, 0.25) is 0 Å². The van der Waals surface area contributed by atoms with Gasteiger partial charge in [0.15, 0.2) is 0 Å². The Bertz CT molecular complexity index is 678. The topological polar surface area (TPSA) is 101 Å². The maximum atomic E-state index is 12.4. The van der Waals surface area contributed by atoms with Crippen LogP contribution in [0.5, 0.6) is 0 Å². The zero-order valence-corrected chi connectivity index (χ0v) is 15.1. The molecule has 1 aliphatic heterocycles. The van der Waals surface area contributed by atoms with Crippen molar-refractivity contribution in [2.75, 3.05) is 11.9 Å². The van der Waals surface area contributed by atoms with Crippen LogP contribution in [0.4, 0.5) is 5.69 Å². The molecule has 3 amide bonds. The van der Waals surface area contributed by atoms with Crippen molar-refractivity contribution in [3.63, 3.8) is 0 Å². The molecule has 2 aliphatic rings. The fourth-order valence-electron chi connectivity index (χ4n) is 4.08. The second kappa shape index (κ2) is 7.99.